The second kappa shape index (κ2) is 8.94. The molecule has 1 aliphatic rings. The van der Waals surface area contributed by atoms with Crippen LogP contribution in [0.1, 0.15) is 39.8 Å². The Labute approximate surface area is 180 Å². The first-order valence-electron chi connectivity index (χ1n) is 9.96. The highest BCUT2D eigenvalue weighted by Gasteiger charge is 2.33. The van der Waals surface area contributed by atoms with E-state index in [9.17, 15) is 10.1 Å². The van der Waals surface area contributed by atoms with Crippen molar-refractivity contribution in [1.82, 2.24) is 15.3 Å². The highest BCUT2D eigenvalue weighted by molar-refractivity contribution is 5.94. The first kappa shape index (κ1) is 20.5. The van der Waals surface area contributed by atoms with Gasteiger partial charge in [0.25, 0.3) is 5.91 Å². The first-order valence-corrected chi connectivity index (χ1v) is 9.96. The van der Waals surface area contributed by atoms with Crippen LogP contribution in [0.4, 0.5) is 0 Å². The van der Waals surface area contributed by atoms with Crippen molar-refractivity contribution in [1.29, 1.82) is 5.26 Å². The number of nitrogens with zero attached hydrogens (tertiary/aromatic N) is 3. The average molecular weight is 414 g/mol. The van der Waals surface area contributed by atoms with E-state index < -0.39 is 5.41 Å². The summed E-state index contributed by atoms with van der Waals surface area (Å²) in [4.78, 5) is 21.2. The Morgan fingerprint density at radius 2 is 2.06 bits per heavy atom. The molecule has 0 unspecified atom stereocenters. The van der Waals surface area contributed by atoms with E-state index in [1.807, 2.05) is 31.2 Å². The Kier molecular flexibility index (Phi) is 5.92. The average Bonchev–Trinajstić information content (AvgIpc) is 2.82. The largest absolute Gasteiger partial charge is 0.487 e. The van der Waals surface area contributed by atoms with Gasteiger partial charge in [-0.1, -0.05) is 12.1 Å². The predicted molar refractivity (Wildman–Crippen MR) is 113 cm³/mol. The molecule has 1 amide bonds. The van der Waals surface area contributed by atoms with Crippen LogP contribution in [0, 0.1) is 11.3 Å². The van der Waals surface area contributed by atoms with Crippen LogP contribution in [0.15, 0.2) is 60.9 Å². The topological polar surface area (TPSA) is 97.1 Å². The summed E-state index contributed by atoms with van der Waals surface area (Å²) in [6.45, 7) is 3.20. The van der Waals surface area contributed by atoms with Crippen molar-refractivity contribution in [2.45, 2.75) is 32.1 Å². The Hall–Kier alpha value is -3.76. The molecule has 156 valence electrons. The van der Waals surface area contributed by atoms with Gasteiger partial charge in [0, 0.05) is 24.0 Å². The molecule has 31 heavy (non-hydrogen) atoms. The van der Waals surface area contributed by atoms with Gasteiger partial charge >= 0.3 is 0 Å². The third kappa shape index (κ3) is 4.71. The lowest BCUT2D eigenvalue weighted by Gasteiger charge is -2.30. The number of carbonyl (C=O) groups excluding carboxylic acids is 1. The molecule has 0 saturated heterocycles. The molecule has 3 aromatic rings. The molecule has 2 aromatic heterocycles. The summed E-state index contributed by atoms with van der Waals surface area (Å²) in [7, 11) is 0. The summed E-state index contributed by atoms with van der Waals surface area (Å²) in [5.74, 6) is 0.430. The molecule has 7 nitrogen and oxygen atoms in total. The number of fused-ring (bicyclic) bond motifs is 1. The van der Waals surface area contributed by atoms with Crippen molar-refractivity contribution < 1.29 is 14.3 Å². The molecule has 0 radical (unpaired) electrons. The van der Waals surface area contributed by atoms with E-state index in [4.69, 9.17) is 9.47 Å². The maximum Gasteiger partial charge on any atom is 0.251 e. The second-order valence-electron chi connectivity index (χ2n) is 7.58. The zero-order valence-corrected chi connectivity index (χ0v) is 17.2. The van der Waals surface area contributed by atoms with Gasteiger partial charge in [0.1, 0.15) is 17.8 Å². The zero-order valence-electron chi connectivity index (χ0n) is 17.2. The van der Waals surface area contributed by atoms with E-state index in [-0.39, 0.29) is 12.5 Å². The van der Waals surface area contributed by atoms with Gasteiger partial charge in [-0.3, -0.25) is 14.8 Å². The van der Waals surface area contributed by atoms with E-state index in [1.165, 1.54) is 0 Å². The van der Waals surface area contributed by atoms with Gasteiger partial charge in [0.15, 0.2) is 0 Å². The molecule has 3 heterocycles. The Balaban J connectivity index is 1.40. The standard InChI is InChI=1S/C24H22N4O3/c1-24(15-25)16-30-13-18-6-5-17(10-22(18)24)23(29)28-12-20-11-21(7-9-27-20)31-14-19-4-2-3-8-26-19/h2-11H,12-14,16H2,1H3,(H,28,29)/t24-/m1/s1. The number of benzene rings is 1. The van der Waals surface area contributed by atoms with Crippen LogP contribution in [0.3, 0.4) is 0 Å². The monoisotopic (exact) mass is 414 g/mol. The molecular formula is C24H22N4O3. The Bertz CT molecular complexity index is 1130. The van der Waals surface area contributed by atoms with Crippen LogP contribution in [-0.2, 0) is 29.9 Å². The first-order chi connectivity index (χ1) is 15.1. The van der Waals surface area contributed by atoms with E-state index in [1.54, 1.807) is 36.7 Å². The van der Waals surface area contributed by atoms with Crippen LogP contribution < -0.4 is 10.1 Å². The smallest absolute Gasteiger partial charge is 0.251 e. The number of pyridine rings is 2. The molecule has 0 saturated carbocycles. The fraction of sp³-hybridized carbons (Fsp3) is 0.250. The van der Waals surface area contributed by atoms with Crippen molar-refractivity contribution in [2.24, 2.45) is 0 Å². The van der Waals surface area contributed by atoms with Crippen LogP contribution in [0.2, 0.25) is 0 Å². The number of aromatic nitrogens is 2. The summed E-state index contributed by atoms with van der Waals surface area (Å²) in [5, 5.41) is 12.5. The molecule has 1 atom stereocenters. The molecule has 7 heteroatoms. The molecule has 1 N–H and O–H groups in total. The summed E-state index contributed by atoms with van der Waals surface area (Å²) in [6, 6.07) is 16.9. The van der Waals surface area contributed by atoms with Gasteiger partial charge in [0.2, 0.25) is 0 Å². The SMILES string of the molecule is C[C@@]1(C#N)COCc2ccc(C(=O)NCc3cc(OCc4ccccn4)ccn3)cc21. The maximum absolute atomic E-state index is 12.7. The number of nitriles is 1. The third-order valence-electron chi connectivity index (χ3n) is 5.19. The van der Waals surface area contributed by atoms with E-state index in [0.717, 1.165) is 16.8 Å². The van der Waals surface area contributed by atoms with Crippen molar-refractivity contribution >= 4 is 5.91 Å². The molecule has 1 aliphatic heterocycles. The fourth-order valence-electron chi connectivity index (χ4n) is 3.45. The quantitative estimate of drug-likeness (QED) is 0.665. The minimum atomic E-state index is -0.759. The number of carbonyl (C=O) groups is 1. The van der Waals surface area contributed by atoms with Crippen LogP contribution in [0.25, 0.3) is 0 Å². The van der Waals surface area contributed by atoms with Crippen LogP contribution in [-0.4, -0.2) is 22.5 Å². The molecule has 1 aromatic carbocycles. The van der Waals surface area contributed by atoms with Crippen LogP contribution in [0.5, 0.6) is 5.75 Å². The lowest BCUT2D eigenvalue weighted by Crippen LogP contribution is -2.33. The van der Waals surface area contributed by atoms with E-state index in [0.29, 0.717) is 36.8 Å². The number of amides is 1. The number of hydrogen-bond donors (Lipinski definition) is 1. The van der Waals surface area contributed by atoms with Gasteiger partial charge in [-0.25, -0.2) is 0 Å². The second-order valence-corrected chi connectivity index (χ2v) is 7.58. The predicted octanol–water partition coefficient (Wildman–Crippen LogP) is 3.30. The maximum atomic E-state index is 12.7. The Morgan fingerprint density at radius 3 is 2.87 bits per heavy atom. The Morgan fingerprint density at radius 1 is 1.19 bits per heavy atom. The van der Waals surface area contributed by atoms with Crippen molar-refractivity contribution in [3.63, 3.8) is 0 Å². The van der Waals surface area contributed by atoms with E-state index in [2.05, 4.69) is 21.4 Å². The van der Waals surface area contributed by atoms with Crippen molar-refractivity contribution in [2.75, 3.05) is 6.61 Å². The van der Waals surface area contributed by atoms with Gasteiger partial charge in [-0.05, 0) is 48.4 Å². The normalized spacial score (nSPS) is 17.3. The summed E-state index contributed by atoms with van der Waals surface area (Å²) in [5.41, 5.74) is 3.04. The number of nitrogens with one attached hydrogen (secondary N) is 1. The molecule has 0 spiro atoms. The van der Waals surface area contributed by atoms with Gasteiger partial charge in [0.05, 0.1) is 37.2 Å². The molecule has 0 fully saturated rings. The van der Waals surface area contributed by atoms with Crippen molar-refractivity contribution in [3.05, 3.63) is 89.0 Å². The van der Waals surface area contributed by atoms with E-state index >= 15 is 0 Å². The summed E-state index contributed by atoms with van der Waals surface area (Å²) < 4.78 is 11.3. The minimum Gasteiger partial charge on any atom is -0.487 e. The lowest BCUT2D eigenvalue weighted by atomic mass is 9.79. The number of ether oxygens (including phenoxy) is 2. The molecule has 0 aliphatic carbocycles. The zero-order chi connectivity index (χ0) is 21.7. The molecular weight excluding hydrogens is 392 g/mol. The highest BCUT2D eigenvalue weighted by atomic mass is 16.5. The highest BCUT2D eigenvalue weighted by Crippen LogP contribution is 2.32. The molecule has 0 bridgehead atoms. The molecule has 4 rings (SSSR count). The number of hydrogen-bond acceptors (Lipinski definition) is 6. The minimum absolute atomic E-state index is 0.226. The van der Waals surface area contributed by atoms with Crippen molar-refractivity contribution in [3.8, 4) is 11.8 Å². The summed E-state index contributed by atoms with van der Waals surface area (Å²) >= 11 is 0. The van der Waals surface area contributed by atoms with Gasteiger partial charge < -0.3 is 14.8 Å². The summed E-state index contributed by atoms with van der Waals surface area (Å²) in [6.07, 6.45) is 3.37. The third-order valence-corrected chi connectivity index (χ3v) is 5.19. The lowest BCUT2D eigenvalue weighted by molar-refractivity contribution is 0.0757. The van der Waals surface area contributed by atoms with Crippen LogP contribution >= 0.6 is 0 Å². The van der Waals surface area contributed by atoms with Gasteiger partial charge in [-0.2, -0.15) is 5.26 Å². The van der Waals surface area contributed by atoms with Gasteiger partial charge in [-0.15, -0.1) is 0 Å². The number of rotatable bonds is 6. The fourth-order valence-corrected chi connectivity index (χ4v) is 3.45.